The first-order valence-corrected chi connectivity index (χ1v) is 8.39. The zero-order chi connectivity index (χ0) is 17.5. The van der Waals surface area contributed by atoms with E-state index in [1.54, 1.807) is 0 Å². The molecule has 1 N–H and O–H groups in total. The lowest BCUT2D eigenvalue weighted by atomic mass is 10.2. The Labute approximate surface area is 148 Å². The summed E-state index contributed by atoms with van der Waals surface area (Å²) < 4.78 is 0. The van der Waals surface area contributed by atoms with Gasteiger partial charge >= 0.3 is 0 Å². The summed E-state index contributed by atoms with van der Waals surface area (Å²) in [6.45, 7) is 4.20. The van der Waals surface area contributed by atoms with Crippen molar-refractivity contribution in [3.8, 4) is 0 Å². The zero-order valence-electron chi connectivity index (χ0n) is 14.7. The molecule has 2 aromatic heterocycles. The minimum atomic E-state index is 0.733. The number of hydrogen-bond acceptors (Lipinski definition) is 5. The molecule has 0 spiro atoms. The predicted octanol–water partition coefficient (Wildman–Crippen LogP) is 3.11. The van der Waals surface area contributed by atoms with Crippen molar-refractivity contribution in [2.75, 3.05) is 11.9 Å². The van der Waals surface area contributed by atoms with Crippen LogP contribution in [0.1, 0.15) is 22.5 Å². The Morgan fingerprint density at radius 3 is 2.40 bits per heavy atom. The van der Waals surface area contributed by atoms with Gasteiger partial charge < -0.3 is 10.2 Å². The fraction of sp³-hybridized carbons (Fsp3) is 0.250. The van der Waals surface area contributed by atoms with Crippen molar-refractivity contribution in [3.63, 3.8) is 0 Å². The predicted molar refractivity (Wildman–Crippen MR) is 100 cm³/mol. The van der Waals surface area contributed by atoms with Gasteiger partial charge in [0.25, 0.3) is 0 Å². The fourth-order valence-corrected chi connectivity index (χ4v) is 2.70. The first-order chi connectivity index (χ1) is 12.2. The first-order valence-electron chi connectivity index (χ1n) is 8.39. The highest BCUT2D eigenvalue weighted by molar-refractivity contribution is 5.46. The van der Waals surface area contributed by atoms with Gasteiger partial charge in [-0.05, 0) is 18.6 Å². The molecule has 0 atom stereocenters. The van der Waals surface area contributed by atoms with E-state index < -0.39 is 0 Å². The third-order valence-electron chi connectivity index (χ3n) is 3.97. The Hall–Kier alpha value is -2.79. The molecule has 0 radical (unpaired) electrons. The number of hydrogen-bond donors (Lipinski definition) is 1. The average molecular weight is 333 g/mol. The molecule has 0 aliphatic rings. The molecule has 0 aliphatic carbocycles. The molecule has 5 heteroatoms. The van der Waals surface area contributed by atoms with E-state index in [1.807, 2.05) is 37.6 Å². The molecule has 0 saturated carbocycles. The topological polar surface area (TPSA) is 53.9 Å². The van der Waals surface area contributed by atoms with Gasteiger partial charge in [-0.2, -0.15) is 0 Å². The maximum atomic E-state index is 4.57. The summed E-state index contributed by atoms with van der Waals surface area (Å²) in [5.74, 6) is 1.79. The number of rotatable bonds is 7. The van der Waals surface area contributed by atoms with E-state index in [0.717, 1.165) is 36.8 Å². The quantitative estimate of drug-likeness (QED) is 0.720. The summed E-state index contributed by atoms with van der Waals surface area (Å²) in [7, 11) is 2.08. The number of nitrogens with zero attached hydrogens (tertiary/aromatic N) is 4. The molecule has 0 unspecified atom stereocenters. The van der Waals surface area contributed by atoms with Crippen LogP contribution in [0.15, 0.2) is 61.1 Å². The van der Waals surface area contributed by atoms with Crippen molar-refractivity contribution >= 4 is 5.82 Å². The highest BCUT2D eigenvalue weighted by Gasteiger charge is 2.09. The van der Waals surface area contributed by atoms with Crippen molar-refractivity contribution in [2.24, 2.45) is 0 Å². The van der Waals surface area contributed by atoms with Gasteiger partial charge in [-0.15, -0.1) is 0 Å². The average Bonchev–Trinajstić information content (AvgIpc) is 2.64. The van der Waals surface area contributed by atoms with Gasteiger partial charge in [0.2, 0.25) is 0 Å². The third kappa shape index (κ3) is 4.84. The van der Waals surface area contributed by atoms with Crippen molar-refractivity contribution in [1.29, 1.82) is 0 Å². The summed E-state index contributed by atoms with van der Waals surface area (Å²) in [6, 6.07) is 14.5. The highest BCUT2D eigenvalue weighted by Crippen LogP contribution is 2.18. The van der Waals surface area contributed by atoms with Crippen LogP contribution in [0.3, 0.4) is 0 Å². The molecular formula is C20H23N5. The Bertz CT molecular complexity index is 787. The number of pyridine rings is 1. The fourth-order valence-electron chi connectivity index (χ4n) is 2.70. The molecule has 2 heterocycles. The van der Waals surface area contributed by atoms with E-state index in [4.69, 9.17) is 0 Å². The summed E-state index contributed by atoms with van der Waals surface area (Å²) in [4.78, 5) is 15.2. The second-order valence-electron chi connectivity index (χ2n) is 6.07. The maximum Gasteiger partial charge on any atom is 0.133 e. The van der Waals surface area contributed by atoms with E-state index in [9.17, 15) is 0 Å². The Balaban J connectivity index is 1.63. The molecular weight excluding hydrogens is 310 g/mol. The third-order valence-corrected chi connectivity index (χ3v) is 3.97. The summed E-state index contributed by atoms with van der Waals surface area (Å²) in [6.07, 6.45) is 5.57. The first kappa shape index (κ1) is 17.0. The van der Waals surface area contributed by atoms with Crippen LogP contribution in [-0.4, -0.2) is 22.0 Å². The molecule has 0 amide bonds. The van der Waals surface area contributed by atoms with Crippen LogP contribution in [-0.2, 0) is 19.6 Å². The Kier molecular flexibility index (Phi) is 5.69. The maximum absolute atomic E-state index is 4.57. The van der Waals surface area contributed by atoms with Crippen LogP contribution in [0.2, 0.25) is 0 Å². The molecule has 0 fully saturated rings. The number of aromatic nitrogens is 3. The zero-order valence-corrected chi connectivity index (χ0v) is 14.7. The van der Waals surface area contributed by atoms with Gasteiger partial charge in [-0.1, -0.05) is 36.4 Å². The minimum absolute atomic E-state index is 0.733. The van der Waals surface area contributed by atoms with Gasteiger partial charge in [-0.3, -0.25) is 0 Å². The standard InChI is InChI=1S/C20H23N5/c1-16-23-12-18(13-24-16)11-21-14-19-9-6-10-22-20(19)25(2)15-17-7-4-3-5-8-17/h3-10,12-13,21H,11,14-15H2,1-2H3. The van der Waals surface area contributed by atoms with E-state index >= 15 is 0 Å². The number of benzene rings is 1. The minimum Gasteiger partial charge on any atom is -0.355 e. The monoisotopic (exact) mass is 333 g/mol. The lowest BCUT2D eigenvalue weighted by Gasteiger charge is -2.21. The molecule has 5 nitrogen and oxygen atoms in total. The second-order valence-corrected chi connectivity index (χ2v) is 6.07. The van der Waals surface area contributed by atoms with Crippen molar-refractivity contribution in [1.82, 2.24) is 20.3 Å². The highest BCUT2D eigenvalue weighted by atomic mass is 15.2. The van der Waals surface area contributed by atoms with Crippen molar-refractivity contribution in [3.05, 3.63) is 83.6 Å². The van der Waals surface area contributed by atoms with Crippen LogP contribution in [0.5, 0.6) is 0 Å². The van der Waals surface area contributed by atoms with Gasteiger partial charge in [0.05, 0.1) is 0 Å². The van der Waals surface area contributed by atoms with E-state index in [1.165, 1.54) is 11.1 Å². The van der Waals surface area contributed by atoms with Crippen molar-refractivity contribution < 1.29 is 0 Å². The molecule has 3 rings (SSSR count). The smallest absolute Gasteiger partial charge is 0.133 e. The Morgan fingerprint density at radius 1 is 0.880 bits per heavy atom. The second kappa shape index (κ2) is 8.35. The summed E-state index contributed by atoms with van der Waals surface area (Å²) in [5.41, 5.74) is 3.52. The summed E-state index contributed by atoms with van der Waals surface area (Å²) in [5, 5.41) is 3.45. The normalized spacial score (nSPS) is 10.6. The summed E-state index contributed by atoms with van der Waals surface area (Å²) >= 11 is 0. The van der Waals surface area contributed by atoms with E-state index in [2.05, 4.69) is 62.5 Å². The number of anilines is 1. The van der Waals surface area contributed by atoms with Crippen LogP contribution >= 0.6 is 0 Å². The van der Waals surface area contributed by atoms with Crippen LogP contribution < -0.4 is 10.2 Å². The SMILES string of the molecule is Cc1ncc(CNCc2cccnc2N(C)Cc2ccccc2)cn1. The molecule has 25 heavy (non-hydrogen) atoms. The van der Waals surface area contributed by atoms with E-state index in [-0.39, 0.29) is 0 Å². The lowest BCUT2D eigenvalue weighted by molar-refractivity contribution is 0.682. The lowest BCUT2D eigenvalue weighted by Crippen LogP contribution is -2.22. The van der Waals surface area contributed by atoms with Gasteiger partial charge in [0.15, 0.2) is 0 Å². The molecule has 0 bridgehead atoms. The van der Waals surface area contributed by atoms with Crippen molar-refractivity contribution in [2.45, 2.75) is 26.6 Å². The number of aryl methyl sites for hydroxylation is 1. The molecule has 128 valence electrons. The molecule has 1 aromatic carbocycles. The molecule has 0 saturated heterocycles. The van der Waals surface area contributed by atoms with E-state index in [0.29, 0.717) is 0 Å². The molecule has 0 aliphatic heterocycles. The molecule has 3 aromatic rings. The van der Waals surface area contributed by atoms with Crippen LogP contribution in [0.4, 0.5) is 5.82 Å². The van der Waals surface area contributed by atoms with Crippen LogP contribution in [0, 0.1) is 6.92 Å². The Morgan fingerprint density at radius 2 is 1.64 bits per heavy atom. The number of nitrogens with one attached hydrogen (secondary N) is 1. The largest absolute Gasteiger partial charge is 0.355 e. The van der Waals surface area contributed by atoms with Crippen LogP contribution in [0.25, 0.3) is 0 Å². The van der Waals surface area contributed by atoms with Gasteiger partial charge in [0.1, 0.15) is 11.6 Å². The van der Waals surface area contributed by atoms with Gasteiger partial charge in [0, 0.05) is 56.4 Å². The van der Waals surface area contributed by atoms with Gasteiger partial charge in [-0.25, -0.2) is 15.0 Å².